The number of aliphatic carboxylic acids is 4. The molecule has 4 aromatic carbocycles. The van der Waals surface area contributed by atoms with Crippen molar-refractivity contribution in [2.24, 2.45) is 23.7 Å². The highest BCUT2D eigenvalue weighted by atomic mass is 35.5. The van der Waals surface area contributed by atoms with E-state index in [1.54, 1.807) is 36.4 Å². The first-order valence-electron chi connectivity index (χ1n) is 19.5. The third-order valence-electron chi connectivity index (χ3n) is 11.3. The second-order valence-corrected chi connectivity index (χ2v) is 15.9. The van der Waals surface area contributed by atoms with Gasteiger partial charge in [-0.1, -0.05) is 77.8 Å². The van der Waals surface area contributed by atoms with E-state index in [-0.39, 0.29) is 47.1 Å². The van der Waals surface area contributed by atoms with Crippen LogP contribution in [0.5, 0.6) is 0 Å². The molecule has 4 aromatic rings. The Kier molecular flexibility index (Phi) is 16.9. The van der Waals surface area contributed by atoms with Crippen LogP contribution in [0.3, 0.4) is 0 Å². The molecule has 2 unspecified atom stereocenters. The van der Waals surface area contributed by atoms with Crippen LogP contribution < -0.4 is 21.3 Å². The number of carbonyl (C=O) groups is 4. The van der Waals surface area contributed by atoms with Crippen LogP contribution in [0.4, 0.5) is 8.78 Å². The van der Waals surface area contributed by atoms with Crippen molar-refractivity contribution in [3.63, 3.8) is 0 Å². The van der Waals surface area contributed by atoms with Crippen molar-refractivity contribution in [3.8, 4) is 0 Å². The van der Waals surface area contributed by atoms with Crippen molar-refractivity contribution < 1.29 is 48.4 Å². The molecule has 16 heteroatoms. The number of carboxylic acids is 4. The molecular weight excluding hydrogens is 821 g/mol. The van der Waals surface area contributed by atoms with Crippen molar-refractivity contribution in [1.29, 1.82) is 0 Å². The zero-order chi connectivity index (χ0) is 43.3. The minimum atomic E-state index is -0.825. The van der Waals surface area contributed by atoms with Gasteiger partial charge in [-0.05, 0) is 64.7 Å². The first kappa shape index (κ1) is 46.1. The average molecular weight is 870 g/mol. The number of benzene rings is 4. The molecule has 4 heterocycles. The smallest absolute Gasteiger partial charge is 0.308 e. The first-order valence-corrected chi connectivity index (χ1v) is 20.3. The second kappa shape index (κ2) is 22.0. The highest BCUT2D eigenvalue weighted by Crippen LogP contribution is 2.34. The fourth-order valence-corrected chi connectivity index (χ4v) is 8.57. The Balaban J connectivity index is 0.000000152. The van der Waals surface area contributed by atoms with E-state index in [0.29, 0.717) is 62.4 Å². The summed E-state index contributed by atoms with van der Waals surface area (Å²) in [5, 5.41) is 49.6. The molecule has 0 saturated carbocycles. The topological polar surface area (TPSA) is 197 Å². The van der Waals surface area contributed by atoms with Crippen LogP contribution in [0.1, 0.15) is 45.9 Å². The van der Waals surface area contributed by atoms with Crippen molar-refractivity contribution in [2.75, 3.05) is 52.4 Å². The molecule has 0 spiro atoms. The van der Waals surface area contributed by atoms with Gasteiger partial charge in [0.2, 0.25) is 0 Å². The maximum absolute atomic E-state index is 13.0. The van der Waals surface area contributed by atoms with E-state index in [1.165, 1.54) is 24.3 Å². The predicted octanol–water partition coefficient (Wildman–Crippen LogP) is 5.88. The van der Waals surface area contributed by atoms with Crippen molar-refractivity contribution >= 4 is 47.1 Å². The maximum atomic E-state index is 13.0. The fourth-order valence-electron chi connectivity index (χ4n) is 8.09. The Hall–Kier alpha value is -4.96. The van der Waals surface area contributed by atoms with Gasteiger partial charge < -0.3 is 41.7 Å². The Morgan fingerprint density at radius 1 is 0.450 bits per heavy atom. The second-order valence-electron chi connectivity index (χ2n) is 15.0. The molecule has 0 radical (unpaired) electrons. The number of hydrogen-bond acceptors (Lipinski definition) is 8. The van der Waals surface area contributed by atoms with Crippen LogP contribution in [-0.4, -0.2) is 96.7 Å². The normalized spacial score (nSPS) is 25.4. The van der Waals surface area contributed by atoms with Crippen LogP contribution in [0.15, 0.2) is 97.1 Å². The molecule has 4 aliphatic rings. The molecule has 320 valence electrons. The van der Waals surface area contributed by atoms with Gasteiger partial charge in [-0.2, -0.15) is 0 Å². The lowest BCUT2D eigenvalue weighted by Crippen LogP contribution is -2.21. The van der Waals surface area contributed by atoms with E-state index in [0.717, 1.165) is 22.3 Å². The van der Waals surface area contributed by atoms with Gasteiger partial charge in [0.25, 0.3) is 0 Å². The lowest BCUT2D eigenvalue weighted by Gasteiger charge is -2.16. The molecule has 4 saturated heterocycles. The largest absolute Gasteiger partial charge is 0.481 e. The minimum absolute atomic E-state index is 0.0174. The summed E-state index contributed by atoms with van der Waals surface area (Å²) in [6.07, 6.45) is 0. The van der Waals surface area contributed by atoms with Crippen LogP contribution >= 0.6 is 23.2 Å². The molecule has 8 atom stereocenters. The van der Waals surface area contributed by atoms with Gasteiger partial charge in [-0.25, -0.2) is 8.78 Å². The molecule has 0 bridgehead atoms. The Morgan fingerprint density at radius 3 is 1.32 bits per heavy atom. The van der Waals surface area contributed by atoms with Gasteiger partial charge in [0, 0.05) is 86.1 Å². The summed E-state index contributed by atoms with van der Waals surface area (Å²) >= 11 is 11.9. The average Bonchev–Trinajstić information content (AvgIpc) is 4.06. The molecule has 8 rings (SSSR count). The van der Waals surface area contributed by atoms with Crippen molar-refractivity contribution in [3.05, 3.63) is 141 Å². The van der Waals surface area contributed by atoms with Gasteiger partial charge >= 0.3 is 23.9 Å². The van der Waals surface area contributed by atoms with Crippen LogP contribution in [-0.2, 0) is 19.2 Å². The number of hydrogen-bond donors (Lipinski definition) is 8. The maximum Gasteiger partial charge on any atom is 0.308 e. The van der Waals surface area contributed by atoms with E-state index < -0.39 is 35.7 Å². The predicted molar refractivity (Wildman–Crippen MR) is 223 cm³/mol. The van der Waals surface area contributed by atoms with Crippen LogP contribution in [0, 0.1) is 35.3 Å². The number of rotatable bonds is 8. The van der Waals surface area contributed by atoms with E-state index in [4.69, 9.17) is 43.6 Å². The third-order valence-corrected chi connectivity index (χ3v) is 11.9. The highest BCUT2D eigenvalue weighted by Gasteiger charge is 2.37. The first-order chi connectivity index (χ1) is 28.7. The zero-order valence-corrected chi connectivity index (χ0v) is 34.0. The fraction of sp³-hybridized carbons (Fsp3) is 0.364. The van der Waals surface area contributed by atoms with Crippen LogP contribution in [0.2, 0.25) is 10.0 Å². The number of nitrogens with one attached hydrogen (secondary N) is 4. The summed E-state index contributed by atoms with van der Waals surface area (Å²) < 4.78 is 25.7. The van der Waals surface area contributed by atoms with Gasteiger partial charge in [-0.3, -0.25) is 19.2 Å². The van der Waals surface area contributed by atoms with Gasteiger partial charge in [-0.15, -0.1) is 0 Å². The van der Waals surface area contributed by atoms with E-state index >= 15 is 0 Å². The van der Waals surface area contributed by atoms with E-state index in [1.807, 2.05) is 36.4 Å². The molecule has 60 heavy (non-hydrogen) atoms. The summed E-state index contributed by atoms with van der Waals surface area (Å²) in [4.78, 5) is 43.9. The van der Waals surface area contributed by atoms with Crippen molar-refractivity contribution in [2.45, 2.75) is 23.7 Å². The summed E-state index contributed by atoms with van der Waals surface area (Å²) in [5.41, 5.74) is 3.57. The molecular formula is C44H48Cl2F2N4O8. The molecule has 0 amide bonds. The summed E-state index contributed by atoms with van der Waals surface area (Å²) in [7, 11) is 0. The molecule has 4 aliphatic heterocycles. The number of carboxylic acid groups (broad SMARTS) is 4. The Morgan fingerprint density at radius 2 is 0.867 bits per heavy atom. The summed E-state index contributed by atoms with van der Waals surface area (Å²) in [6, 6.07) is 27.1. The van der Waals surface area contributed by atoms with Gasteiger partial charge in [0.05, 0.1) is 23.7 Å². The lowest BCUT2D eigenvalue weighted by atomic mass is 9.89. The monoisotopic (exact) mass is 868 g/mol. The van der Waals surface area contributed by atoms with Gasteiger partial charge in [0.15, 0.2) is 0 Å². The Labute approximate surface area is 356 Å². The molecule has 0 aliphatic carbocycles. The van der Waals surface area contributed by atoms with E-state index in [2.05, 4.69) is 21.3 Å². The molecule has 12 nitrogen and oxygen atoms in total. The van der Waals surface area contributed by atoms with E-state index in [9.17, 15) is 28.0 Å². The summed E-state index contributed by atoms with van der Waals surface area (Å²) in [5.74, 6) is -5.48. The zero-order valence-electron chi connectivity index (χ0n) is 32.4. The van der Waals surface area contributed by atoms with Gasteiger partial charge in [0.1, 0.15) is 11.6 Å². The van der Waals surface area contributed by atoms with Crippen molar-refractivity contribution in [1.82, 2.24) is 21.3 Å². The van der Waals surface area contributed by atoms with Crippen LogP contribution in [0.25, 0.3) is 0 Å². The highest BCUT2D eigenvalue weighted by molar-refractivity contribution is 6.31. The Bertz CT molecular complexity index is 2020. The summed E-state index contributed by atoms with van der Waals surface area (Å²) in [6.45, 7) is 4.62. The quantitative estimate of drug-likeness (QED) is 0.105. The molecule has 4 fully saturated rings. The third kappa shape index (κ3) is 12.3. The molecule has 8 N–H and O–H groups in total. The molecule has 0 aromatic heterocycles. The lowest BCUT2D eigenvalue weighted by molar-refractivity contribution is -0.142. The SMILES string of the molecule is O=C(O)C1CNCC1c1cccc(F)c1.O=C(O)[C@@H]1CNC[C@H]1c1ccc(F)cc1.O=C(O)[C@@H]1CNC[C@H]1c1cccc(Cl)c1.O=C(O)[C@@H]1CNC[C@H]1c1ccccc1Cl. The minimum Gasteiger partial charge on any atom is -0.481 e. The standard InChI is InChI=1S/2C11H12ClNO2.2C11H12FNO2/c12-8-3-1-2-7(4-8)9-5-13-6-10(9)11(14)15;12-10-4-2-1-3-7(10)8-5-13-6-9(8)11(14)15;12-8-3-1-7(2-4-8)9-5-13-6-10(9)11(14)15;12-8-3-1-2-7(4-8)9-5-13-6-10(9)11(14)15/h1-4,9-10,13H,5-6H2,(H,14,15);1-4,8-9,13H,5-6H2,(H,14,15);2*1-4,9-10,13H,5-6H2,(H,14,15)/t9-,10+;8-,9+;9-,10+;/m000./s1. The number of halogens is 4.